The normalized spacial score (nSPS) is 10.3. The van der Waals surface area contributed by atoms with Gasteiger partial charge in [-0.25, -0.2) is 9.48 Å². The molecule has 1 aromatic heterocycles. The summed E-state index contributed by atoms with van der Waals surface area (Å²) in [4.78, 5) is 24.0. The van der Waals surface area contributed by atoms with Gasteiger partial charge in [-0.3, -0.25) is 4.79 Å². The molecule has 2 aromatic rings. The van der Waals surface area contributed by atoms with Crippen LogP contribution in [0.1, 0.15) is 28.5 Å². The molecule has 0 bridgehead atoms. The molecule has 0 aliphatic carbocycles. The van der Waals surface area contributed by atoms with Crippen LogP contribution in [-0.2, 0) is 11.3 Å². The Morgan fingerprint density at radius 3 is 2.65 bits per heavy atom. The molecule has 0 atom stereocenters. The van der Waals surface area contributed by atoms with Crippen LogP contribution in [0.15, 0.2) is 41.2 Å². The van der Waals surface area contributed by atoms with Gasteiger partial charge in [0.1, 0.15) is 5.56 Å². The maximum Gasteiger partial charge on any atom is 0.343 e. The summed E-state index contributed by atoms with van der Waals surface area (Å²) >= 11 is 0. The smallest absolute Gasteiger partial charge is 0.343 e. The van der Waals surface area contributed by atoms with Gasteiger partial charge in [0.25, 0.3) is 5.56 Å². The largest absolute Gasteiger partial charge is 0.462 e. The lowest BCUT2D eigenvalue weighted by atomic mass is 10.2. The minimum atomic E-state index is -0.607. The summed E-state index contributed by atoms with van der Waals surface area (Å²) < 4.78 is 6.18. The van der Waals surface area contributed by atoms with Crippen LogP contribution >= 0.6 is 0 Å². The van der Waals surface area contributed by atoms with Crippen molar-refractivity contribution in [3.63, 3.8) is 0 Å². The van der Waals surface area contributed by atoms with Crippen molar-refractivity contribution in [2.24, 2.45) is 0 Å². The van der Waals surface area contributed by atoms with E-state index >= 15 is 0 Å². The number of benzene rings is 1. The number of hydrogen-bond donors (Lipinski definition) is 0. The molecular weight excluding hydrogens is 256 g/mol. The van der Waals surface area contributed by atoms with E-state index in [1.54, 1.807) is 13.8 Å². The first-order valence-corrected chi connectivity index (χ1v) is 6.41. The minimum absolute atomic E-state index is 0.0234. The van der Waals surface area contributed by atoms with Gasteiger partial charge in [0.15, 0.2) is 0 Å². The molecule has 104 valence electrons. The molecular formula is C15H16N2O3. The Morgan fingerprint density at radius 1 is 1.30 bits per heavy atom. The predicted molar refractivity (Wildman–Crippen MR) is 74.7 cm³/mol. The summed E-state index contributed by atoms with van der Waals surface area (Å²) in [7, 11) is 0. The van der Waals surface area contributed by atoms with Crippen molar-refractivity contribution in [2.75, 3.05) is 6.61 Å². The Kier molecular flexibility index (Phi) is 4.30. The third kappa shape index (κ3) is 3.12. The van der Waals surface area contributed by atoms with Crippen molar-refractivity contribution in [3.8, 4) is 0 Å². The van der Waals surface area contributed by atoms with E-state index in [0.29, 0.717) is 12.2 Å². The zero-order chi connectivity index (χ0) is 14.5. The Hall–Kier alpha value is -2.43. The van der Waals surface area contributed by atoms with Crippen molar-refractivity contribution in [1.82, 2.24) is 9.78 Å². The summed E-state index contributed by atoms with van der Waals surface area (Å²) in [6.45, 7) is 4.00. The number of nitrogens with zero attached hydrogens (tertiary/aromatic N) is 2. The lowest BCUT2D eigenvalue weighted by molar-refractivity contribution is 0.0523. The van der Waals surface area contributed by atoms with Crippen LogP contribution in [0, 0.1) is 6.92 Å². The number of ether oxygens (including phenoxy) is 1. The van der Waals surface area contributed by atoms with Gasteiger partial charge in [-0.2, -0.15) is 5.10 Å². The monoisotopic (exact) mass is 272 g/mol. The van der Waals surface area contributed by atoms with Gasteiger partial charge in [0, 0.05) is 0 Å². The molecule has 0 saturated heterocycles. The van der Waals surface area contributed by atoms with E-state index in [2.05, 4.69) is 5.10 Å². The Morgan fingerprint density at radius 2 is 2.00 bits per heavy atom. The number of aromatic nitrogens is 2. The average molecular weight is 272 g/mol. The van der Waals surface area contributed by atoms with E-state index < -0.39 is 11.5 Å². The second-order valence-corrected chi connectivity index (χ2v) is 4.37. The number of hydrogen-bond acceptors (Lipinski definition) is 4. The lowest BCUT2D eigenvalue weighted by Gasteiger charge is -2.08. The summed E-state index contributed by atoms with van der Waals surface area (Å²) in [5.74, 6) is -0.607. The van der Waals surface area contributed by atoms with Gasteiger partial charge in [-0.05, 0) is 25.5 Å². The van der Waals surface area contributed by atoms with E-state index in [4.69, 9.17) is 4.74 Å². The fourth-order valence-corrected chi connectivity index (χ4v) is 1.89. The molecule has 0 spiro atoms. The van der Waals surface area contributed by atoms with Crippen LogP contribution in [0.25, 0.3) is 0 Å². The molecule has 5 nitrogen and oxygen atoms in total. The summed E-state index contributed by atoms with van der Waals surface area (Å²) in [5.41, 5.74) is 1.14. The Labute approximate surface area is 116 Å². The first kappa shape index (κ1) is 14.0. The van der Waals surface area contributed by atoms with Crippen LogP contribution in [0.3, 0.4) is 0 Å². The third-order valence-electron chi connectivity index (χ3n) is 2.77. The van der Waals surface area contributed by atoms with Gasteiger partial charge < -0.3 is 4.74 Å². The fraction of sp³-hybridized carbons (Fsp3) is 0.267. The topological polar surface area (TPSA) is 61.2 Å². The van der Waals surface area contributed by atoms with Gasteiger partial charge >= 0.3 is 5.97 Å². The molecule has 1 heterocycles. The van der Waals surface area contributed by atoms with Crippen LogP contribution in [0.4, 0.5) is 0 Å². The van der Waals surface area contributed by atoms with Crippen molar-refractivity contribution in [2.45, 2.75) is 20.4 Å². The van der Waals surface area contributed by atoms with Gasteiger partial charge in [-0.15, -0.1) is 0 Å². The highest BCUT2D eigenvalue weighted by molar-refractivity contribution is 5.88. The molecule has 0 fully saturated rings. The number of esters is 1. The third-order valence-corrected chi connectivity index (χ3v) is 2.77. The van der Waals surface area contributed by atoms with Crippen LogP contribution in [-0.4, -0.2) is 22.4 Å². The first-order valence-electron chi connectivity index (χ1n) is 6.41. The molecule has 20 heavy (non-hydrogen) atoms. The molecule has 0 amide bonds. The summed E-state index contributed by atoms with van der Waals surface area (Å²) in [5, 5.41) is 4.17. The molecule has 5 heteroatoms. The number of rotatable bonds is 4. The molecule has 1 aromatic carbocycles. The zero-order valence-corrected chi connectivity index (χ0v) is 11.5. The van der Waals surface area contributed by atoms with Crippen LogP contribution in [0.2, 0.25) is 0 Å². The molecule has 0 aliphatic heterocycles. The number of carbonyl (C=O) groups excluding carboxylic acids is 1. The first-order chi connectivity index (χ1) is 9.61. The van der Waals surface area contributed by atoms with Crippen molar-refractivity contribution < 1.29 is 9.53 Å². The van der Waals surface area contributed by atoms with E-state index in [9.17, 15) is 9.59 Å². The maximum atomic E-state index is 12.2. The minimum Gasteiger partial charge on any atom is -0.462 e. The second kappa shape index (κ2) is 6.14. The number of aryl methyl sites for hydroxylation is 1. The van der Waals surface area contributed by atoms with Gasteiger partial charge in [0.05, 0.1) is 18.8 Å². The van der Waals surface area contributed by atoms with Crippen LogP contribution in [0.5, 0.6) is 0 Å². The Bertz CT molecular complexity index is 663. The predicted octanol–water partition coefficient (Wildman–Crippen LogP) is 1.78. The SMILES string of the molecule is CCOC(=O)c1cc(C)nn(Cc2ccccc2)c1=O. The zero-order valence-electron chi connectivity index (χ0n) is 11.5. The quantitative estimate of drug-likeness (QED) is 0.796. The lowest BCUT2D eigenvalue weighted by Crippen LogP contribution is -2.30. The van der Waals surface area contributed by atoms with Gasteiger partial charge in [0.2, 0.25) is 0 Å². The molecule has 0 N–H and O–H groups in total. The highest BCUT2D eigenvalue weighted by atomic mass is 16.5. The molecule has 0 aliphatic rings. The maximum absolute atomic E-state index is 12.2. The standard InChI is InChI=1S/C15H16N2O3/c1-3-20-15(19)13-9-11(2)16-17(14(13)18)10-12-7-5-4-6-8-12/h4-9H,3,10H2,1-2H3. The molecule has 0 saturated carbocycles. The fourth-order valence-electron chi connectivity index (χ4n) is 1.89. The van der Waals surface area contributed by atoms with E-state index in [0.717, 1.165) is 5.56 Å². The van der Waals surface area contributed by atoms with Crippen molar-refractivity contribution >= 4 is 5.97 Å². The van der Waals surface area contributed by atoms with Crippen LogP contribution < -0.4 is 5.56 Å². The molecule has 0 radical (unpaired) electrons. The van der Waals surface area contributed by atoms with E-state index in [1.165, 1.54) is 10.7 Å². The van der Waals surface area contributed by atoms with E-state index in [-0.39, 0.29) is 12.2 Å². The second-order valence-electron chi connectivity index (χ2n) is 4.37. The summed E-state index contributed by atoms with van der Waals surface area (Å²) in [6.07, 6.45) is 0. The number of carbonyl (C=O) groups is 1. The molecule has 2 rings (SSSR count). The highest BCUT2D eigenvalue weighted by Gasteiger charge is 2.15. The Balaban J connectivity index is 2.39. The van der Waals surface area contributed by atoms with E-state index in [1.807, 2.05) is 30.3 Å². The summed E-state index contributed by atoms with van der Waals surface area (Å²) in [6, 6.07) is 11.0. The van der Waals surface area contributed by atoms with Crippen molar-refractivity contribution in [3.05, 3.63) is 63.6 Å². The van der Waals surface area contributed by atoms with Gasteiger partial charge in [-0.1, -0.05) is 30.3 Å². The molecule has 0 unspecified atom stereocenters. The highest BCUT2D eigenvalue weighted by Crippen LogP contribution is 2.03. The average Bonchev–Trinajstić information content (AvgIpc) is 2.44. The van der Waals surface area contributed by atoms with Crippen molar-refractivity contribution in [1.29, 1.82) is 0 Å².